The highest BCUT2D eigenvalue weighted by atomic mass is 16.2. The fraction of sp³-hybridized carbons (Fsp3) is 0.417. The van der Waals surface area contributed by atoms with Gasteiger partial charge in [-0.1, -0.05) is 0 Å². The zero-order valence-corrected chi connectivity index (χ0v) is 11.0. The topological polar surface area (TPSA) is 124 Å². The lowest BCUT2D eigenvalue weighted by Gasteiger charge is -2.36. The summed E-state index contributed by atoms with van der Waals surface area (Å²) in [6, 6.07) is -0.498. The van der Waals surface area contributed by atoms with Gasteiger partial charge < -0.3 is 15.2 Å². The molecular weight excluding hydrogens is 278 g/mol. The molecule has 21 heavy (non-hydrogen) atoms. The molecule has 9 heteroatoms. The lowest BCUT2D eigenvalue weighted by atomic mass is 9.87. The standard InChI is InChI=1S/C12H13N5O4/c18-8-6-13-7(5-14-8)9(19)17-3-1-12(2-4-17)10(20)15-11(21)16-12/h5-6H,1-4H2,(H,14,18)(H2,15,16,20,21). The minimum absolute atomic E-state index is 0.144. The van der Waals surface area contributed by atoms with E-state index in [9.17, 15) is 19.2 Å². The first-order chi connectivity index (χ1) is 10.00. The molecule has 3 heterocycles. The summed E-state index contributed by atoms with van der Waals surface area (Å²) in [5.74, 6) is -0.660. The number of aromatic amines is 1. The number of carbonyl (C=O) groups is 3. The van der Waals surface area contributed by atoms with Crippen molar-refractivity contribution < 1.29 is 14.4 Å². The summed E-state index contributed by atoms with van der Waals surface area (Å²) in [5, 5.41) is 4.84. The predicted molar refractivity (Wildman–Crippen MR) is 69.4 cm³/mol. The molecule has 2 aliphatic heterocycles. The molecule has 0 aliphatic carbocycles. The van der Waals surface area contributed by atoms with Crippen LogP contribution >= 0.6 is 0 Å². The third kappa shape index (κ3) is 2.26. The molecule has 110 valence electrons. The largest absolute Gasteiger partial charge is 0.337 e. The molecule has 1 aromatic heterocycles. The fourth-order valence-corrected chi connectivity index (χ4v) is 2.59. The minimum Gasteiger partial charge on any atom is -0.337 e. The van der Waals surface area contributed by atoms with Gasteiger partial charge in [0.15, 0.2) is 0 Å². The number of hydrogen-bond acceptors (Lipinski definition) is 5. The zero-order chi connectivity index (χ0) is 15.0. The van der Waals surface area contributed by atoms with E-state index in [1.165, 1.54) is 6.20 Å². The Balaban J connectivity index is 1.70. The number of carbonyl (C=O) groups excluding carboxylic acids is 3. The van der Waals surface area contributed by atoms with E-state index in [1.807, 2.05) is 0 Å². The van der Waals surface area contributed by atoms with Crippen molar-refractivity contribution in [1.82, 2.24) is 25.5 Å². The Hall–Kier alpha value is -2.71. The third-order valence-electron chi connectivity index (χ3n) is 3.81. The highest BCUT2D eigenvalue weighted by Gasteiger charge is 2.48. The summed E-state index contributed by atoms with van der Waals surface area (Å²) >= 11 is 0. The molecule has 0 aromatic carbocycles. The minimum atomic E-state index is -0.910. The number of likely N-dealkylation sites (tertiary alicyclic amines) is 1. The zero-order valence-electron chi connectivity index (χ0n) is 11.0. The van der Waals surface area contributed by atoms with Crippen LogP contribution in [0.25, 0.3) is 0 Å². The molecule has 1 aromatic rings. The number of nitrogens with one attached hydrogen (secondary N) is 3. The average Bonchev–Trinajstić information content (AvgIpc) is 2.74. The van der Waals surface area contributed by atoms with Crippen LogP contribution in [0.5, 0.6) is 0 Å². The van der Waals surface area contributed by atoms with E-state index >= 15 is 0 Å². The molecular formula is C12H13N5O4. The molecule has 0 unspecified atom stereocenters. The predicted octanol–water partition coefficient (Wildman–Crippen LogP) is -1.42. The van der Waals surface area contributed by atoms with Gasteiger partial charge in [0.25, 0.3) is 17.4 Å². The maximum absolute atomic E-state index is 12.2. The molecule has 3 N–H and O–H groups in total. The second kappa shape index (κ2) is 4.69. The van der Waals surface area contributed by atoms with Crippen LogP contribution in [0, 0.1) is 0 Å². The van der Waals surface area contributed by atoms with Gasteiger partial charge in [-0.3, -0.25) is 19.7 Å². The number of urea groups is 1. The van der Waals surface area contributed by atoms with Gasteiger partial charge in [-0.25, -0.2) is 9.78 Å². The number of rotatable bonds is 1. The van der Waals surface area contributed by atoms with Crippen LogP contribution in [0.1, 0.15) is 23.3 Å². The van der Waals surface area contributed by atoms with Gasteiger partial charge in [0.2, 0.25) is 0 Å². The van der Waals surface area contributed by atoms with Crippen molar-refractivity contribution >= 4 is 17.8 Å². The summed E-state index contributed by atoms with van der Waals surface area (Å²) in [5.41, 5.74) is -1.15. The first kappa shape index (κ1) is 13.3. The molecule has 3 rings (SSSR count). The smallest absolute Gasteiger partial charge is 0.322 e. The van der Waals surface area contributed by atoms with E-state index in [2.05, 4.69) is 20.6 Å². The average molecular weight is 291 g/mol. The van der Waals surface area contributed by atoms with Crippen molar-refractivity contribution in [3.63, 3.8) is 0 Å². The highest BCUT2D eigenvalue weighted by molar-refractivity contribution is 6.07. The third-order valence-corrected chi connectivity index (χ3v) is 3.81. The number of hydrogen-bond donors (Lipinski definition) is 3. The fourth-order valence-electron chi connectivity index (χ4n) is 2.59. The van der Waals surface area contributed by atoms with E-state index in [1.54, 1.807) is 4.90 Å². The Bertz CT molecular complexity index is 654. The lowest BCUT2D eigenvalue weighted by Crippen LogP contribution is -2.55. The van der Waals surface area contributed by atoms with Crippen molar-refractivity contribution in [3.8, 4) is 0 Å². The van der Waals surface area contributed by atoms with Gasteiger partial charge in [-0.2, -0.15) is 0 Å². The van der Waals surface area contributed by atoms with Crippen LogP contribution in [-0.4, -0.2) is 51.3 Å². The van der Waals surface area contributed by atoms with E-state index in [-0.39, 0.29) is 23.1 Å². The molecule has 2 fully saturated rings. The molecule has 2 saturated heterocycles. The van der Waals surface area contributed by atoms with Crippen molar-refractivity contribution in [2.24, 2.45) is 0 Å². The van der Waals surface area contributed by atoms with Crippen molar-refractivity contribution in [2.75, 3.05) is 13.1 Å². The van der Waals surface area contributed by atoms with Crippen LogP contribution in [0.4, 0.5) is 4.79 Å². The Kier molecular flexibility index (Phi) is 2.96. The normalized spacial score (nSPS) is 20.3. The van der Waals surface area contributed by atoms with E-state index < -0.39 is 11.6 Å². The number of H-pyrrole nitrogens is 1. The number of imide groups is 1. The molecule has 0 bridgehead atoms. The van der Waals surface area contributed by atoms with Crippen LogP contribution in [-0.2, 0) is 4.79 Å². The van der Waals surface area contributed by atoms with E-state index in [0.717, 1.165) is 6.20 Å². The highest BCUT2D eigenvalue weighted by Crippen LogP contribution is 2.25. The second-order valence-corrected chi connectivity index (χ2v) is 5.08. The Morgan fingerprint density at radius 1 is 1.24 bits per heavy atom. The first-order valence-corrected chi connectivity index (χ1v) is 6.48. The lowest BCUT2D eigenvalue weighted by molar-refractivity contribution is -0.125. The summed E-state index contributed by atoms with van der Waals surface area (Å²) in [4.78, 5) is 53.9. The SMILES string of the molecule is O=C1NC(=O)C2(CCN(C(=O)c3c[nH]c(=O)cn3)CC2)N1. The number of amides is 4. The van der Waals surface area contributed by atoms with Gasteiger partial charge >= 0.3 is 6.03 Å². The molecule has 4 amide bonds. The summed E-state index contributed by atoms with van der Waals surface area (Å²) in [6.07, 6.45) is 3.00. The van der Waals surface area contributed by atoms with Crippen LogP contribution in [0.3, 0.4) is 0 Å². The maximum Gasteiger partial charge on any atom is 0.322 e. The van der Waals surface area contributed by atoms with Crippen molar-refractivity contribution in [2.45, 2.75) is 18.4 Å². The number of nitrogens with zero attached hydrogens (tertiary/aromatic N) is 2. The van der Waals surface area contributed by atoms with Crippen LogP contribution in [0.15, 0.2) is 17.2 Å². The number of aromatic nitrogens is 2. The van der Waals surface area contributed by atoms with Gasteiger partial charge in [0.05, 0.1) is 6.20 Å². The van der Waals surface area contributed by atoms with Gasteiger partial charge in [-0.05, 0) is 12.8 Å². The van der Waals surface area contributed by atoms with Crippen LogP contribution in [0.2, 0.25) is 0 Å². The monoisotopic (exact) mass is 291 g/mol. The molecule has 2 aliphatic rings. The Morgan fingerprint density at radius 3 is 2.48 bits per heavy atom. The van der Waals surface area contributed by atoms with Gasteiger partial charge in [0.1, 0.15) is 11.2 Å². The molecule has 9 nitrogen and oxygen atoms in total. The maximum atomic E-state index is 12.2. The first-order valence-electron chi connectivity index (χ1n) is 6.48. The van der Waals surface area contributed by atoms with Gasteiger partial charge in [0, 0.05) is 19.3 Å². The molecule has 0 atom stereocenters. The van der Waals surface area contributed by atoms with Crippen molar-refractivity contribution in [3.05, 3.63) is 28.4 Å². The van der Waals surface area contributed by atoms with Crippen LogP contribution < -0.4 is 16.2 Å². The van der Waals surface area contributed by atoms with Crippen molar-refractivity contribution in [1.29, 1.82) is 0 Å². The molecule has 0 saturated carbocycles. The second-order valence-electron chi connectivity index (χ2n) is 5.08. The molecule has 0 radical (unpaired) electrons. The summed E-state index contributed by atoms with van der Waals surface area (Å²) in [6.45, 7) is 0.653. The molecule has 1 spiro atoms. The quantitative estimate of drug-likeness (QED) is 0.548. The summed E-state index contributed by atoms with van der Waals surface area (Å²) in [7, 11) is 0. The number of piperidine rings is 1. The van der Waals surface area contributed by atoms with E-state index in [0.29, 0.717) is 25.9 Å². The summed E-state index contributed by atoms with van der Waals surface area (Å²) < 4.78 is 0. The Labute approximate surface area is 118 Å². The van der Waals surface area contributed by atoms with Gasteiger partial charge in [-0.15, -0.1) is 0 Å². The Morgan fingerprint density at radius 2 is 1.95 bits per heavy atom. The van der Waals surface area contributed by atoms with E-state index in [4.69, 9.17) is 0 Å².